The van der Waals surface area contributed by atoms with Crippen molar-refractivity contribution in [3.05, 3.63) is 0 Å². The van der Waals surface area contributed by atoms with Crippen molar-refractivity contribution in [1.82, 2.24) is 5.48 Å². The molecule has 1 unspecified atom stereocenters. The molecule has 0 aromatic rings. The van der Waals surface area contributed by atoms with Gasteiger partial charge in [-0.15, -0.1) is 0 Å². The van der Waals surface area contributed by atoms with E-state index in [1.54, 1.807) is 5.48 Å². The Morgan fingerprint density at radius 3 is 2.13 bits per heavy atom. The summed E-state index contributed by atoms with van der Waals surface area (Å²) in [5, 5.41) is 8.66. The highest BCUT2D eigenvalue weighted by Crippen LogP contribution is 2.40. The average molecular weight is 215 g/mol. The topological polar surface area (TPSA) is 49.3 Å². The van der Waals surface area contributed by atoms with Crippen LogP contribution in [0, 0.1) is 16.7 Å². The van der Waals surface area contributed by atoms with Gasteiger partial charge >= 0.3 is 0 Å². The maximum Gasteiger partial charge on any atom is 0.249 e. The van der Waals surface area contributed by atoms with E-state index in [9.17, 15) is 4.79 Å². The van der Waals surface area contributed by atoms with Gasteiger partial charge in [-0.3, -0.25) is 10.0 Å². The molecule has 3 nitrogen and oxygen atoms in total. The lowest BCUT2D eigenvalue weighted by molar-refractivity contribution is -0.140. The summed E-state index contributed by atoms with van der Waals surface area (Å²) in [7, 11) is 0. The largest absolute Gasteiger partial charge is 0.289 e. The van der Waals surface area contributed by atoms with Gasteiger partial charge < -0.3 is 0 Å². The van der Waals surface area contributed by atoms with Crippen LogP contribution in [-0.4, -0.2) is 11.1 Å². The van der Waals surface area contributed by atoms with Crippen molar-refractivity contribution in [2.45, 2.75) is 54.4 Å². The lowest BCUT2D eigenvalue weighted by atomic mass is 9.68. The number of hydrogen-bond acceptors (Lipinski definition) is 2. The quantitative estimate of drug-likeness (QED) is 0.547. The lowest BCUT2D eigenvalue weighted by Gasteiger charge is -2.37. The first-order valence-corrected chi connectivity index (χ1v) is 5.62. The van der Waals surface area contributed by atoms with Gasteiger partial charge in [0.25, 0.3) is 0 Å². The van der Waals surface area contributed by atoms with Crippen LogP contribution in [0.5, 0.6) is 0 Å². The third kappa shape index (κ3) is 3.82. The molecular weight excluding hydrogens is 190 g/mol. The first kappa shape index (κ1) is 14.4. The van der Waals surface area contributed by atoms with E-state index in [1.807, 2.05) is 13.8 Å². The molecule has 0 aromatic heterocycles. The molecule has 0 bridgehead atoms. The second-order valence-corrected chi connectivity index (χ2v) is 5.80. The van der Waals surface area contributed by atoms with Crippen molar-refractivity contribution < 1.29 is 10.0 Å². The maximum atomic E-state index is 11.5. The van der Waals surface area contributed by atoms with E-state index < -0.39 is 5.41 Å². The summed E-state index contributed by atoms with van der Waals surface area (Å²) in [6, 6.07) is 0. The van der Waals surface area contributed by atoms with E-state index in [0.29, 0.717) is 5.92 Å². The summed E-state index contributed by atoms with van der Waals surface area (Å²) in [5.41, 5.74) is 1.32. The van der Waals surface area contributed by atoms with Crippen molar-refractivity contribution in [2.24, 2.45) is 16.7 Å². The highest BCUT2D eigenvalue weighted by Gasteiger charge is 2.36. The van der Waals surface area contributed by atoms with Crippen LogP contribution in [0.25, 0.3) is 0 Å². The Balaban J connectivity index is 4.63. The Bertz CT molecular complexity index is 222. The second-order valence-electron chi connectivity index (χ2n) is 5.80. The monoisotopic (exact) mass is 215 g/mol. The van der Waals surface area contributed by atoms with Crippen molar-refractivity contribution in [3.8, 4) is 0 Å². The van der Waals surface area contributed by atoms with Gasteiger partial charge in [-0.2, -0.15) is 0 Å². The van der Waals surface area contributed by atoms with E-state index in [2.05, 4.69) is 27.7 Å². The van der Waals surface area contributed by atoms with Crippen LogP contribution in [-0.2, 0) is 4.79 Å². The Morgan fingerprint density at radius 1 is 1.33 bits per heavy atom. The summed E-state index contributed by atoms with van der Waals surface area (Å²) in [6.07, 6.45) is 1.87. The van der Waals surface area contributed by atoms with E-state index >= 15 is 0 Å². The van der Waals surface area contributed by atoms with Gasteiger partial charge in [0.2, 0.25) is 5.91 Å². The molecule has 0 spiro atoms. The normalized spacial score (nSPS) is 14.9. The Morgan fingerprint density at radius 2 is 1.80 bits per heavy atom. The van der Waals surface area contributed by atoms with Crippen LogP contribution in [0.1, 0.15) is 54.4 Å². The van der Waals surface area contributed by atoms with Crippen molar-refractivity contribution in [1.29, 1.82) is 0 Å². The number of nitrogens with one attached hydrogen (secondary N) is 1. The predicted octanol–water partition coefficient (Wildman–Crippen LogP) is 2.98. The van der Waals surface area contributed by atoms with E-state index in [-0.39, 0.29) is 11.3 Å². The van der Waals surface area contributed by atoms with Gasteiger partial charge in [0, 0.05) is 5.41 Å². The fraction of sp³-hybridized carbons (Fsp3) is 0.917. The highest BCUT2D eigenvalue weighted by atomic mass is 16.5. The summed E-state index contributed by atoms with van der Waals surface area (Å²) in [4.78, 5) is 11.5. The zero-order valence-corrected chi connectivity index (χ0v) is 10.8. The van der Waals surface area contributed by atoms with E-state index in [4.69, 9.17) is 5.21 Å². The SMILES string of the molecule is CCC(C)C(C)(C)CC(C)(C)C(=O)NO. The van der Waals surface area contributed by atoms with Crippen LogP contribution in [0.3, 0.4) is 0 Å². The molecule has 0 saturated heterocycles. The molecule has 1 amide bonds. The summed E-state index contributed by atoms with van der Waals surface area (Å²) in [6.45, 7) is 12.4. The molecule has 90 valence electrons. The molecule has 2 N–H and O–H groups in total. The highest BCUT2D eigenvalue weighted by molar-refractivity contribution is 5.80. The van der Waals surface area contributed by atoms with Gasteiger partial charge in [0.15, 0.2) is 0 Å². The van der Waals surface area contributed by atoms with Crippen LogP contribution < -0.4 is 5.48 Å². The second kappa shape index (κ2) is 4.97. The molecule has 0 aliphatic heterocycles. The Hall–Kier alpha value is -0.570. The number of hydrogen-bond donors (Lipinski definition) is 2. The van der Waals surface area contributed by atoms with E-state index in [1.165, 1.54) is 0 Å². The molecule has 3 heteroatoms. The molecular formula is C12H25NO2. The van der Waals surface area contributed by atoms with Crippen LogP contribution in [0.4, 0.5) is 0 Å². The molecule has 0 rings (SSSR count). The Kier molecular flexibility index (Phi) is 4.78. The fourth-order valence-electron chi connectivity index (χ4n) is 2.10. The molecule has 0 fully saturated rings. The zero-order chi connectivity index (χ0) is 12.3. The van der Waals surface area contributed by atoms with Crippen molar-refractivity contribution in [3.63, 3.8) is 0 Å². The minimum absolute atomic E-state index is 0.102. The van der Waals surface area contributed by atoms with Crippen LogP contribution in [0.2, 0.25) is 0 Å². The summed E-state index contributed by atoms with van der Waals surface area (Å²) in [5.74, 6) is 0.252. The molecule has 1 atom stereocenters. The van der Waals surface area contributed by atoms with Gasteiger partial charge in [0.1, 0.15) is 0 Å². The van der Waals surface area contributed by atoms with Gasteiger partial charge in [-0.05, 0) is 17.8 Å². The zero-order valence-electron chi connectivity index (χ0n) is 10.8. The standard InChI is InChI=1S/C12H25NO2/c1-7-9(2)11(3,4)8-12(5,6)10(14)13-15/h9,15H,7-8H2,1-6H3,(H,13,14). The number of hydroxylamine groups is 1. The average Bonchev–Trinajstić information content (AvgIpc) is 2.13. The van der Waals surface area contributed by atoms with Crippen molar-refractivity contribution >= 4 is 5.91 Å². The Labute approximate surface area is 93.2 Å². The predicted molar refractivity (Wildman–Crippen MR) is 61.6 cm³/mol. The van der Waals surface area contributed by atoms with Crippen LogP contribution in [0.15, 0.2) is 0 Å². The molecule has 0 aliphatic rings. The molecule has 0 heterocycles. The molecule has 0 radical (unpaired) electrons. The number of amides is 1. The summed E-state index contributed by atoms with van der Waals surface area (Å²) < 4.78 is 0. The smallest absolute Gasteiger partial charge is 0.249 e. The van der Waals surface area contributed by atoms with E-state index in [0.717, 1.165) is 12.8 Å². The van der Waals surface area contributed by atoms with Gasteiger partial charge in [-0.1, -0.05) is 48.0 Å². The molecule has 0 saturated carbocycles. The first-order chi connectivity index (χ1) is 6.67. The minimum atomic E-state index is -0.526. The molecule has 0 aromatic carbocycles. The minimum Gasteiger partial charge on any atom is -0.289 e. The lowest BCUT2D eigenvalue weighted by Crippen LogP contribution is -2.39. The first-order valence-electron chi connectivity index (χ1n) is 5.62. The number of rotatable bonds is 5. The third-order valence-corrected chi connectivity index (χ3v) is 3.56. The fourth-order valence-corrected chi connectivity index (χ4v) is 2.10. The van der Waals surface area contributed by atoms with Crippen molar-refractivity contribution in [2.75, 3.05) is 0 Å². The number of carbonyl (C=O) groups excluding carboxylic acids is 1. The summed E-state index contributed by atoms with van der Waals surface area (Å²) >= 11 is 0. The van der Waals surface area contributed by atoms with Gasteiger partial charge in [0.05, 0.1) is 0 Å². The van der Waals surface area contributed by atoms with Gasteiger partial charge in [-0.25, -0.2) is 5.48 Å². The molecule has 15 heavy (non-hydrogen) atoms. The molecule has 0 aliphatic carbocycles. The van der Waals surface area contributed by atoms with Crippen LogP contribution >= 0.6 is 0 Å². The third-order valence-electron chi connectivity index (χ3n) is 3.56. The number of carbonyl (C=O) groups is 1. The maximum absolute atomic E-state index is 11.5.